The normalized spacial score (nSPS) is 13.8. The third-order valence-electron chi connectivity index (χ3n) is 5.94. The number of rotatable bonds is 4. The molecule has 1 aliphatic rings. The van der Waals surface area contributed by atoms with Crippen molar-refractivity contribution < 1.29 is 14.6 Å². The Bertz CT molecular complexity index is 1380. The van der Waals surface area contributed by atoms with Gasteiger partial charge < -0.3 is 14.8 Å². The first-order chi connectivity index (χ1) is 15.8. The van der Waals surface area contributed by atoms with Gasteiger partial charge in [-0.2, -0.15) is 0 Å². The van der Waals surface area contributed by atoms with Crippen LogP contribution in [0.2, 0.25) is 0 Å². The van der Waals surface area contributed by atoms with E-state index >= 15 is 0 Å². The smallest absolute Gasteiger partial charge is 0.335 e. The van der Waals surface area contributed by atoms with Gasteiger partial charge in [0, 0.05) is 46.5 Å². The van der Waals surface area contributed by atoms with Crippen molar-refractivity contribution in [3.05, 3.63) is 107 Å². The number of benzene rings is 3. The van der Waals surface area contributed by atoms with Gasteiger partial charge in [-0.1, -0.05) is 42.0 Å². The molecular weight excluding hydrogens is 433 g/mol. The maximum atomic E-state index is 11.1. The standard InChI is InChI=1S/C29H25NO3.Na/c1-18-4-6-19(7-5-18)24-17-29(2,3)33-27-15-12-22(16-23(24)27)26-14-13-25(30-26)20-8-10-21(11-9-20)28(31)32;/h4-17,30H,1-3H3,(H,31,32);. The number of aromatic amines is 1. The van der Waals surface area contributed by atoms with E-state index in [-0.39, 0.29) is 35.1 Å². The second-order valence-corrected chi connectivity index (χ2v) is 9.01. The summed E-state index contributed by atoms with van der Waals surface area (Å²) in [6, 6.07) is 25.8. The predicted molar refractivity (Wildman–Crippen MR) is 137 cm³/mol. The predicted octanol–water partition coefficient (Wildman–Crippen LogP) is 6.58. The van der Waals surface area contributed by atoms with E-state index in [1.165, 1.54) is 16.7 Å². The molecule has 5 heteroatoms. The molecule has 0 fully saturated rings. The zero-order chi connectivity index (χ0) is 23.2. The number of fused-ring (bicyclic) bond motifs is 1. The minimum atomic E-state index is -0.925. The van der Waals surface area contributed by atoms with Crippen molar-refractivity contribution in [2.75, 3.05) is 0 Å². The van der Waals surface area contributed by atoms with Crippen LogP contribution in [-0.2, 0) is 0 Å². The Hall–Kier alpha value is -3.05. The molecule has 5 rings (SSSR count). The summed E-state index contributed by atoms with van der Waals surface area (Å²) in [6.45, 7) is 6.24. The van der Waals surface area contributed by atoms with Crippen molar-refractivity contribution in [1.82, 2.24) is 4.98 Å². The first kappa shape index (κ1) is 24.1. The van der Waals surface area contributed by atoms with Crippen molar-refractivity contribution in [2.45, 2.75) is 26.4 Å². The molecule has 1 radical (unpaired) electrons. The Morgan fingerprint density at radius 3 is 2.06 bits per heavy atom. The van der Waals surface area contributed by atoms with Gasteiger partial charge in [0.15, 0.2) is 0 Å². The number of carbonyl (C=O) groups is 1. The van der Waals surface area contributed by atoms with Crippen LogP contribution in [0.4, 0.5) is 0 Å². The number of ether oxygens (including phenoxy) is 1. The molecule has 0 spiro atoms. The molecule has 0 unspecified atom stereocenters. The van der Waals surface area contributed by atoms with Crippen molar-refractivity contribution in [3.8, 4) is 28.3 Å². The number of carboxylic acids is 1. The van der Waals surface area contributed by atoms with Crippen LogP contribution in [0.1, 0.15) is 40.9 Å². The molecule has 2 N–H and O–H groups in total. The summed E-state index contributed by atoms with van der Waals surface area (Å²) in [6.07, 6.45) is 2.19. The van der Waals surface area contributed by atoms with E-state index in [2.05, 4.69) is 68.2 Å². The molecule has 0 amide bonds. The number of carboxylic acid groups (broad SMARTS) is 1. The number of hydrogen-bond acceptors (Lipinski definition) is 2. The largest absolute Gasteiger partial charge is 0.483 e. The maximum Gasteiger partial charge on any atom is 0.335 e. The van der Waals surface area contributed by atoms with Crippen LogP contribution in [0.3, 0.4) is 0 Å². The van der Waals surface area contributed by atoms with Crippen LogP contribution < -0.4 is 4.74 Å². The van der Waals surface area contributed by atoms with Gasteiger partial charge in [0.25, 0.3) is 0 Å². The molecule has 0 atom stereocenters. The van der Waals surface area contributed by atoms with E-state index in [1.807, 2.05) is 30.3 Å². The minimum Gasteiger partial charge on any atom is -0.483 e. The van der Waals surface area contributed by atoms with Crippen LogP contribution in [0, 0.1) is 6.92 Å². The Kier molecular flexibility index (Phi) is 6.59. The Morgan fingerprint density at radius 1 is 0.824 bits per heavy atom. The average molecular weight is 459 g/mol. The maximum absolute atomic E-state index is 11.1. The van der Waals surface area contributed by atoms with E-state index in [0.29, 0.717) is 0 Å². The first-order valence-electron chi connectivity index (χ1n) is 11.0. The molecule has 1 aliphatic heterocycles. The minimum absolute atomic E-state index is 0. The zero-order valence-electron chi connectivity index (χ0n) is 19.8. The molecule has 1 aromatic heterocycles. The molecule has 3 aromatic carbocycles. The van der Waals surface area contributed by atoms with Gasteiger partial charge in [-0.3, -0.25) is 0 Å². The Labute approximate surface area is 221 Å². The van der Waals surface area contributed by atoms with E-state index in [1.54, 1.807) is 12.1 Å². The topological polar surface area (TPSA) is 62.3 Å². The molecule has 165 valence electrons. The van der Waals surface area contributed by atoms with E-state index in [0.717, 1.165) is 33.8 Å². The fourth-order valence-corrected chi connectivity index (χ4v) is 4.23. The molecule has 4 aromatic rings. The van der Waals surface area contributed by atoms with Gasteiger partial charge in [0.05, 0.1) is 5.56 Å². The fourth-order valence-electron chi connectivity index (χ4n) is 4.23. The van der Waals surface area contributed by atoms with E-state index in [4.69, 9.17) is 9.84 Å². The van der Waals surface area contributed by atoms with Gasteiger partial charge in [0.1, 0.15) is 11.4 Å². The number of aryl methyl sites for hydroxylation is 1. The van der Waals surface area contributed by atoms with Crippen molar-refractivity contribution in [3.63, 3.8) is 0 Å². The quantitative estimate of drug-likeness (QED) is 0.340. The molecular formula is C29H25NNaO3. The molecule has 0 saturated heterocycles. The van der Waals surface area contributed by atoms with Gasteiger partial charge >= 0.3 is 5.97 Å². The number of hydrogen-bond donors (Lipinski definition) is 2. The average Bonchev–Trinajstić information content (AvgIpc) is 3.29. The van der Waals surface area contributed by atoms with E-state index in [9.17, 15) is 4.79 Å². The number of nitrogens with one attached hydrogen (secondary N) is 1. The van der Waals surface area contributed by atoms with Gasteiger partial charge in [-0.25, -0.2) is 4.79 Å². The second-order valence-electron chi connectivity index (χ2n) is 9.01. The summed E-state index contributed by atoms with van der Waals surface area (Å²) < 4.78 is 6.26. The molecule has 2 heterocycles. The zero-order valence-corrected chi connectivity index (χ0v) is 21.8. The third kappa shape index (κ3) is 4.76. The molecule has 0 aliphatic carbocycles. The SMILES string of the molecule is Cc1ccc(C2=CC(C)(C)Oc3ccc(-c4ccc(-c5ccc(C(=O)O)cc5)[nH]4)cc32)cc1.[Na]. The molecule has 0 bridgehead atoms. The third-order valence-corrected chi connectivity index (χ3v) is 5.94. The second kappa shape index (κ2) is 9.30. The number of H-pyrrole nitrogens is 1. The summed E-state index contributed by atoms with van der Waals surface area (Å²) in [5.41, 5.74) is 8.44. The van der Waals surface area contributed by atoms with Gasteiger partial charge in [-0.15, -0.1) is 0 Å². The number of aromatic carboxylic acids is 1. The van der Waals surface area contributed by atoms with Crippen molar-refractivity contribution in [2.24, 2.45) is 0 Å². The van der Waals surface area contributed by atoms with Crippen LogP contribution in [-0.4, -0.2) is 51.2 Å². The fraction of sp³-hybridized carbons (Fsp3) is 0.138. The summed E-state index contributed by atoms with van der Waals surface area (Å²) >= 11 is 0. The summed E-state index contributed by atoms with van der Waals surface area (Å²) in [5, 5.41) is 9.12. The van der Waals surface area contributed by atoms with Crippen molar-refractivity contribution in [1.29, 1.82) is 0 Å². The Morgan fingerprint density at radius 2 is 1.41 bits per heavy atom. The summed E-state index contributed by atoms with van der Waals surface area (Å²) in [7, 11) is 0. The molecule has 4 nitrogen and oxygen atoms in total. The van der Waals surface area contributed by atoms with Crippen LogP contribution in [0.5, 0.6) is 5.75 Å². The first-order valence-corrected chi connectivity index (χ1v) is 11.0. The molecule has 34 heavy (non-hydrogen) atoms. The summed E-state index contributed by atoms with van der Waals surface area (Å²) in [4.78, 5) is 14.6. The summed E-state index contributed by atoms with van der Waals surface area (Å²) in [5.74, 6) is -0.0523. The van der Waals surface area contributed by atoms with Crippen molar-refractivity contribution >= 4 is 41.1 Å². The van der Waals surface area contributed by atoms with Crippen LogP contribution in [0.15, 0.2) is 84.9 Å². The van der Waals surface area contributed by atoms with Crippen LogP contribution >= 0.6 is 0 Å². The Balaban J connectivity index is 0.00000274. The monoisotopic (exact) mass is 458 g/mol. The van der Waals surface area contributed by atoms with Crippen LogP contribution in [0.25, 0.3) is 28.1 Å². The van der Waals surface area contributed by atoms with Gasteiger partial charge in [-0.05, 0) is 91.6 Å². The van der Waals surface area contributed by atoms with Gasteiger partial charge in [0.2, 0.25) is 0 Å². The van der Waals surface area contributed by atoms with E-state index < -0.39 is 11.6 Å². The number of aromatic nitrogens is 1. The molecule has 0 saturated carbocycles.